The van der Waals surface area contributed by atoms with E-state index in [0.29, 0.717) is 17.3 Å². The number of benzene rings is 2. The first-order chi connectivity index (χ1) is 13.2. The first kappa shape index (κ1) is 20.4. The summed E-state index contributed by atoms with van der Waals surface area (Å²) in [6.07, 6.45) is -3.78. The number of anilines is 4. The predicted molar refractivity (Wildman–Crippen MR) is 113 cm³/mol. The van der Waals surface area contributed by atoms with Crippen molar-refractivity contribution in [3.63, 3.8) is 0 Å². The molecule has 3 aromatic rings. The van der Waals surface area contributed by atoms with Gasteiger partial charge in [0, 0.05) is 21.1 Å². The van der Waals surface area contributed by atoms with Gasteiger partial charge in [-0.1, -0.05) is 26.0 Å². The summed E-state index contributed by atoms with van der Waals surface area (Å²) in [4.78, 5) is 7.89. The summed E-state index contributed by atoms with van der Waals surface area (Å²) in [5, 5.41) is 5.70. The average molecular weight is 498 g/mol. The molecule has 0 aliphatic heterocycles. The van der Waals surface area contributed by atoms with Gasteiger partial charge in [-0.2, -0.15) is 18.2 Å². The van der Waals surface area contributed by atoms with Gasteiger partial charge in [-0.25, -0.2) is 4.98 Å². The molecule has 1 heterocycles. The minimum absolute atomic E-state index is 0.0818. The van der Waals surface area contributed by atoms with E-state index in [1.807, 2.05) is 24.3 Å². The van der Waals surface area contributed by atoms with E-state index in [2.05, 4.69) is 57.0 Å². The fourth-order valence-corrected chi connectivity index (χ4v) is 2.85. The first-order valence-corrected chi connectivity index (χ1v) is 9.64. The lowest BCUT2D eigenvalue weighted by molar-refractivity contribution is -0.137. The van der Waals surface area contributed by atoms with Crippen molar-refractivity contribution in [1.29, 1.82) is 0 Å². The highest BCUT2D eigenvalue weighted by atomic mass is 127. The molecule has 28 heavy (non-hydrogen) atoms. The summed E-state index contributed by atoms with van der Waals surface area (Å²) >= 11 is 2.13. The van der Waals surface area contributed by atoms with Gasteiger partial charge in [0.1, 0.15) is 11.4 Å². The summed E-state index contributed by atoms with van der Waals surface area (Å²) in [6, 6.07) is 14.6. The lowest BCUT2D eigenvalue weighted by Gasteiger charge is -2.15. The van der Waals surface area contributed by atoms with Gasteiger partial charge < -0.3 is 10.6 Å². The van der Waals surface area contributed by atoms with E-state index in [1.165, 1.54) is 5.56 Å². The molecule has 0 radical (unpaired) electrons. The van der Waals surface area contributed by atoms with Crippen LogP contribution in [-0.4, -0.2) is 9.97 Å². The van der Waals surface area contributed by atoms with Crippen molar-refractivity contribution in [2.45, 2.75) is 25.9 Å². The van der Waals surface area contributed by atoms with E-state index in [1.54, 1.807) is 24.3 Å². The third-order valence-electron chi connectivity index (χ3n) is 4.03. The van der Waals surface area contributed by atoms with Gasteiger partial charge in [-0.05, 0) is 70.5 Å². The van der Waals surface area contributed by atoms with Crippen LogP contribution in [0.2, 0.25) is 0 Å². The van der Waals surface area contributed by atoms with Crippen LogP contribution >= 0.6 is 22.6 Å². The first-order valence-electron chi connectivity index (χ1n) is 8.56. The SMILES string of the molecule is CC(C)c1ccc(Nc2ncc(C(F)(F)F)c(Nc3ccc(I)cc3)n2)cc1. The Balaban J connectivity index is 1.89. The van der Waals surface area contributed by atoms with Gasteiger partial charge in [0.25, 0.3) is 0 Å². The Morgan fingerprint density at radius 3 is 2.04 bits per heavy atom. The highest BCUT2D eigenvalue weighted by molar-refractivity contribution is 14.1. The van der Waals surface area contributed by atoms with Crippen LogP contribution in [0.1, 0.15) is 30.9 Å². The Kier molecular flexibility index (Phi) is 6.07. The monoisotopic (exact) mass is 498 g/mol. The minimum Gasteiger partial charge on any atom is -0.340 e. The van der Waals surface area contributed by atoms with Crippen molar-refractivity contribution < 1.29 is 13.2 Å². The number of aromatic nitrogens is 2. The van der Waals surface area contributed by atoms with Gasteiger partial charge >= 0.3 is 6.18 Å². The molecule has 2 aromatic carbocycles. The number of alkyl halides is 3. The Hall–Kier alpha value is -2.36. The van der Waals surface area contributed by atoms with Crippen molar-refractivity contribution >= 4 is 45.7 Å². The number of rotatable bonds is 5. The third kappa shape index (κ3) is 5.12. The zero-order chi connectivity index (χ0) is 20.3. The van der Waals surface area contributed by atoms with Crippen LogP contribution in [0.15, 0.2) is 54.7 Å². The maximum atomic E-state index is 13.4. The van der Waals surface area contributed by atoms with Gasteiger partial charge in [0.15, 0.2) is 0 Å². The molecule has 0 atom stereocenters. The second kappa shape index (κ2) is 8.34. The number of hydrogen-bond donors (Lipinski definition) is 2. The van der Waals surface area contributed by atoms with Crippen LogP contribution in [0.4, 0.5) is 36.3 Å². The maximum Gasteiger partial charge on any atom is 0.421 e. The van der Waals surface area contributed by atoms with Crippen molar-refractivity contribution in [3.8, 4) is 0 Å². The van der Waals surface area contributed by atoms with Crippen LogP contribution in [0.5, 0.6) is 0 Å². The second-order valence-electron chi connectivity index (χ2n) is 6.49. The van der Waals surface area contributed by atoms with Crippen molar-refractivity contribution in [3.05, 3.63) is 69.4 Å². The van der Waals surface area contributed by atoms with E-state index in [0.717, 1.165) is 9.77 Å². The molecule has 0 spiro atoms. The normalized spacial score (nSPS) is 11.5. The lowest BCUT2D eigenvalue weighted by Crippen LogP contribution is -2.12. The summed E-state index contributed by atoms with van der Waals surface area (Å²) in [5.74, 6) is 0.171. The Bertz CT molecular complexity index is 939. The van der Waals surface area contributed by atoms with E-state index in [4.69, 9.17) is 0 Å². The maximum absolute atomic E-state index is 13.4. The molecule has 2 N–H and O–H groups in total. The highest BCUT2D eigenvalue weighted by Crippen LogP contribution is 2.35. The zero-order valence-corrected chi connectivity index (χ0v) is 17.3. The number of nitrogens with one attached hydrogen (secondary N) is 2. The molecule has 0 saturated carbocycles. The summed E-state index contributed by atoms with van der Waals surface area (Å²) in [6.45, 7) is 4.17. The molecular formula is C20H18F3IN4. The smallest absolute Gasteiger partial charge is 0.340 e. The average Bonchev–Trinajstić information content (AvgIpc) is 2.63. The fraction of sp³-hybridized carbons (Fsp3) is 0.200. The number of hydrogen-bond acceptors (Lipinski definition) is 4. The van der Waals surface area contributed by atoms with Crippen LogP contribution in [0.3, 0.4) is 0 Å². The molecule has 146 valence electrons. The largest absolute Gasteiger partial charge is 0.421 e. The van der Waals surface area contributed by atoms with Crippen LogP contribution < -0.4 is 10.6 Å². The third-order valence-corrected chi connectivity index (χ3v) is 4.75. The van der Waals surface area contributed by atoms with E-state index in [9.17, 15) is 13.2 Å². The molecule has 3 rings (SSSR count). The van der Waals surface area contributed by atoms with Crippen LogP contribution in [0.25, 0.3) is 0 Å². The molecule has 0 bridgehead atoms. The summed E-state index contributed by atoms with van der Waals surface area (Å²) in [5.41, 5.74) is 1.45. The second-order valence-corrected chi connectivity index (χ2v) is 7.73. The van der Waals surface area contributed by atoms with Gasteiger partial charge in [0.2, 0.25) is 5.95 Å². The predicted octanol–water partition coefficient (Wildman–Crippen LogP) is 6.71. The van der Waals surface area contributed by atoms with Crippen molar-refractivity contribution in [1.82, 2.24) is 9.97 Å². The molecule has 0 aliphatic rings. The molecule has 4 nitrogen and oxygen atoms in total. The standard InChI is InChI=1S/C20H18F3IN4/c1-12(2)13-3-7-16(8-4-13)27-19-25-11-17(20(21,22)23)18(28-19)26-15-9-5-14(24)6-10-15/h3-12H,1-2H3,(H2,25,26,27,28). The van der Waals surface area contributed by atoms with E-state index >= 15 is 0 Å². The fourth-order valence-electron chi connectivity index (χ4n) is 2.50. The molecule has 0 unspecified atom stereocenters. The van der Waals surface area contributed by atoms with Crippen LogP contribution in [0, 0.1) is 3.57 Å². The topological polar surface area (TPSA) is 49.8 Å². The van der Waals surface area contributed by atoms with Crippen molar-refractivity contribution in [2.75, 3.05) is 10.6 Å². The van der Waals surface area contributed by atoms with E-state index < -0.39 is 11.7 Å². The number of nitrogens with zero attached hydrogens (tertiary/aromatic N) is 2. The summed E-state index contributed by atoms with van der Waals surface area (Å²) < 4.78 is 41.0. The summed E-state index contributed by atoms with van der Waals surface area (Å²) in [7, 11) is 0. The molecule has 0 fully saturated rings. The molecule has 0 amide bonds. The molecule has 1 aromatic heterocycles. The molecular weight excluding hydrogens is 480 g/mol. The zero-order valence-electron chi connectivity index (χ0n) is 15.2. The van der Waals surface area contributed by atoms with Gasteiger partial charge in [-0.15, -0.1) is 0 Å². The number of halogens is 4. The van der Waals surface area contributed by atoms with Gasteiger partial charge in [-0.3, -0.25) is 0 Å². The molecule has 0 saturated heterocycles. The minimum atomic E-state index is -4.57. The highest BCUT2D eigenvalue weighted by Gasteiger charge is 2.35. The Morgan fingerprint density at radius 1 is 0.893 bits per heavy atom. The molecule has 8 heteroatoms. The van der Waals surface area contributed by atoms with Crippen LogP contribution in [-0.2, 0) is 6.18 Å². The van der Waals surface area contributed by atoms with Gasteiger partial charge in [0.05, 0.1) is 0 Å². The lowest BCUT2D eigenvalue weighted by atomic mass is 10.0. The Morgan fingerprint density at radius 2 is 1.46 bits per heavy atom. The quantitative estimate of drug-likeness (QED) is 0.384. The molecule has 0 aliphatic carbocycles. The van der Waals surface area contributed by atoms with Crippen molar-refractivity contribution in [2.24, 2.45) is 0 Å². The Labute approximate surface area is 174 Å². The van der Waals surface area contributed by atoms with E-state index in [-0.39, 0.29) is 11.8 Å².